The van der Waals surface area contributed by atoms with Crippen LogP contribution in [-0.4, -0.2) is 27.5 Å². The molecular formula is C16H19N3O5S2. The van der Waals surface area contributed by atoms with Crippen LogP contribution in [0.1, 0.15) is 33.8 Å². The highest BCUT2D eigenvalue weighted by Gasteiger charge is 2.22. The zero-order valence-electron chi connectivity index (χ0n) is 14.4. The number of nitrogens with two attached hydrogens (primary N) is 1. The van der Waals surface area contributed by atoms with Gasteiger partial charge in [0.2, 0.25) is 0 Å². The van der Waals surface area contributed by atoms with E-state index in [0.717, 1.165) is 16.9 Å². The van der Waals surface area contributed by atoms with Gasteiger partial charge in [0, 0.05) is 4.88 Å². The largest absolute Gasteiger partial charge is 0.496 e. The van der Waals surface area contributed by atoms with Gasteiger partial charge in [0.05, 0.1) is 18.7 Å². The fourth-order valence-corrected chi connectivity index (χ4v) is 4.44. The number of amides is 3. The van der Waals surface area contributed by atoms with Crippen molar-refractivity contribution >= 4 is 33.3 Å². The van der Waals surface area contributed by atoms with Crippen LogP contribution in [0, 0.1) is 6.92 Å². The molecule has 140 valence electrons. The Labute approximate surface area is 155 Å². The van der Waals surface area contributed by atoms with Crippen molar-refractivity contribution in [2.24, 2.45) is 5.73 Å². The number of primary amides is 1. The molecule has 0 fully saturated rings. The van der Waals surface area contributed by atoms with Crippen molar-refractivity contribution in [2.75, 3.05) is 7.11 Å². The molecule has 0 bridgehead atoms. The molecule has 10 heteroatoms. The van der Waals surface area contributed by atoms with Gasteiger partial charge in [-0.2, -0.15) is 0 Å². The van der Waals surface area contributed by atoms with Gasteiger partial charge in [0.25, 0.3) is 15.9 Å². The number of thiophene rings is 1. The molecular weight excluding hydrogens is 378 g/mol. The average molecular weight is 397 g/mol. The summed E-state index contributed by atoms with van der Waals surface area (Å²) in [6.07, 6.45) is 0. The molecule has 26 heavy (non-hydrogen) atoms. The van der Waals surface area contributed by atoms with Crippen molar-refractivity contribution < 1.29 is 22.7 Å². The number of methoxy groups -OCH3 is 1. The highest BCUT2D eigenvalue weighted by molar-refractivity contribution is 7.92. The lowest BCUT2D eigenvalue weighted by Gasteiger charge is -2.14. The van der Waals surface area contributed by atoms with E-state index in [9.17, 15) is 18.0 Å². The minimum Gasteiger partial charge on any atom is -0.496 e. The van der Waals surface area contributed by atoms with Crippen LogP contribution in [0.4, 0.5) is 4.79 Å². The van der Waals surface area contributed by atoms with Crippen LogP contribution < -0.4 is 20.5 Å². The predicted molar refractivity (Wildman–Crippen MR) is 97.8 cm³/mol. The molecule has 1 aromatic heterocycles. The van der Waals surface area contributed by atoms with Crippen LogP contribution in [0.25, 0.3) is 0 Å². The predicted octanol–water partition coefficient (Wildman–Crippen LogP) is 1.91. The normalized spacial score (nSPS) is 12.3. The van der Waals surface area contributed by atoms with Gasteiger partial charge in [-0.1, -0.05) is 11.6 Å². The van der Waals surface area contributed by atoms with E-state index < -0.39 is 22.1 Å². The number of sulfonamides is 1. The molecule has 0 aliphatic rings. The molecule has 0 radical (unpaired) electrons. The first-order valence-electron chi connectivity index (χ1n) is 7.51. The van der Waals surface area contributed by atoms with Crippen LogP contribution in [0.2, 0.25) is 0 Å². The lowest BCUT2D eigenvalue weighted by molar-refractivity contribution is 0.0937. The van der Waals surface area contributed by atoms with E-state index in [1.165, 1.54) is 13.2 Å². The van der Waals surface area contributed by atoms with Crippen molar-refractivity contribution in [1.29, 1.82) is 0 Å². The molecule has 2 aromatic rings. The number of carbonyl (C=O) groups excluding carboxylic acids is 2. The number of benzene rings is 1. The maximum atomic E-state index is 12.5. The Hall–Kier alpha value is -2.59. The van der Waals surface area contributed by atoms with Gasteiger partial charge in [-0.25, -0.2) is 17.9 Å². The monoisotopic (exact) mass is 397 g/mol. The number of hydrogen-bond acceptors (Lipinski definition) is 6. The number of hydrogen-bond donors (Lipinski definition) is 3. The summed E-state index contributed by atoms with van der Waals surface area (Å²) in [6, 6.07) is 6.56. The smallest absolute Gasteiger partial charge is 0.326 e. The number of ether oxygens (including phenoxy) is 1. The van der Waals surface area contributed by atoms with Crippen LogP contribution in [-0.2, 0) is 10.0 Å². The number of rotatable bonds is 6. The van der Waals surface area contributed by atoms with Crippen molar-refractivity contribution in [1.82, 2.24) is 10.0 Å². The first kappa shape index (κ1) is 19.7. The van der Waals surface area contributed by atoms with Crippen molar-refractivity contribution in [3.05, 3.63) is 46.3 Å². The minimum absolute atomic E-state index is 0.0689. The lowest BCUT2D eigenvalue weighted by atomic mass is 10.1. The van der Waals surface area contributed by atoms with E-state index >= 15 is 0 Å². The molecule has 1 atom stereocenters. The number of aryl methyl sites for hydroxylation is 1. The van der Waals surface area contributed by atoms with Crippen molar-refractivity contribution in [3.63, 3.8) is 0 Å². The third-order valence-electron chi connectivity index (χ3n) is 3.48. The molecule has 0 spiro atoms. The SMILES string of the molecule is COc1ccc(C)cc1C(=O)NC(C)c1ccc(S(=O)(=O)NC(N)=O)s1. The van der Waals surface area contributed by atoms with E-state index in [2.05, 4.69) is 5.32 Å². The topological polar surface area (TPSA) is 128 Å². The molecule has 2 rings (SSSR count). The van der Waals surface area contributed by atoms with Gasteiger partial charge in [-0.15, -0.1) is 11.3 Å². The minimum atomic E-state index is -4.01. The van der Waals surface area contributed by atoms with Crippen molar-refractivity contribution in [3.8, 4) is 5.75 Å². The summed E-state index contributed by atoms with van der Waals surface area (Å²) in [4.78, 5) is 23.9. The van der Waals surface area contributed by atoms with E-state index in [1.807, 2.05) is 13.0 Å². The lowest BCUT2D eigenvalue weighted by Crippen LogP contribution is -2.34. The van der Waals surface area contributed by atoms with Gasteiger partial charge in [-0.3, -0.25) is 4.79 Å². The molecule has 3 amide bonds. The van der Waals surface area contributed by atoms with Crippen LogP contribution in [0.3, 0.4) is 0 Å². The summed E-state index contributed by atoms with van der Waals surface area (Å²) in [5.74, 6) is 0.103. The Morgan fingerprint density at radius 2 is 1.92 bits per heavy atom. The highest BCUT2D eigenvalue weighted by atomic mass is 32.2. The Kier molecular flexibility index (Phi) is 5.88. The van der Waals surface area contributed by atoms with Gasteiger partial charge >= 0.3 is 6.03 Å². The summed E-state index contributed by atoms with van der Waals surface area (Å²) in [6.45, 7) is 3.59. The molecule has 0 saturated heterocycles. The maximum absolute atomic E-state index is 12.5. The van der Waals surface area contributed by atoms with Crippen LogP contribution in [0.15, 0.2) is 34.5 Å². The number of carbonyl (C=O) groups is 2. The van der Waals surface area contributed by atoms with E-state index in [0.29, 0.717) is 16.2 Å². The van der Waals surface area contributed by atoms with Gasteiger partial charge in [0.15, 0.2) is 0 Å². The summed E-state index contributed by atoms with van der Waals surface area (Å²) in [5, 5.41) is 2.80. The van der Waals surface area contributed by atoms with E-state index in [-0.39, 0.29) is 10.1 Å². The summed E-state index contributed by atoms with van der Waals surface area (Å²) in [7, 11) is -2.53. The zero-order valence-corrected chi connectivity index (χ0v) is 16.0. The Balaban J connectivity index is 2.18. The second-order valence-electron chi connectivity index (χ2n) is 5.53. The third-order valence-corrected chi connectivity index (χ3v) is 6.58. The number of nitrogens with one attached hydrogen (secondary N) is 2. The van der Waals surface area contributed by atoms with Crippen molar-refractivity contribution in [2.45, 2.75) is 24.1 Å². The van der Waals surface area contributed by atoms with Crippen LogP contribution >= 0.6 is 11.3 Å². The molecule has 1 unspecified atom stereocenters. The summed E-state index contributed by atoms with van der Waals surface area (Å²) in [5.41, 5.74) is 6.15. The summed E-state index contributed by atoms with van der Waals surface area (Å²) >= 11 is 0.936. The second-order valence-corrected chi connectivity index (χ2v) is 8.55. The molecule has 1 aromatic carbocycles. The van der Waals surface area contributed by atoms with Gasteiger partial charge in [0.1, 0.15) is 9.96 Å². The molecule has 4 N–H and O–H groups in total. The quantitative estimate of drug-likeness (QED) is 0.686. The summed E-state index contributed by atoms with van der Waals surface area (Å²) < 4.78 is 30.7. The Morgan fingerprint density at radius 3 is 2.54 bits per heavy atom. The third kappa shape index (κ3) is 4.52. The van der Waals surface area contributed by atoms with E-state index in [4.69, 9.17) is 10.5 Å². The maximum Gasteiger partial charge on any atom is 0.326 e. The Bertz CT molecular complexity index is 937. The molecule has 0 aliphatic heterocycles. The highest BCUT2D eigenvalue weighted by Crippen LogP contribution is 2.27. The Morgan fingerprint density at radius 1 is 1.23 bits per heavy atom. The van der Waals surface area contributed by atoms with Gasteiger partial charge in [-0.05, 0) is 38.1 Å². The molecule has 1 heterocycles. The fraction of sp³-hybridized carbons (Fsp3) is 0.250. The second kappa shape index (κ2) is 7.75. The zero-order chi connectivity index (χ0) is 19.5. The molecule has 0 saturated carbocycles. The first-order valence-corrected chi connectivity index (χ1v) is 9.81. The van der Waals surface area contributed by atoms with E-state index in [1.54, 1.807) is 29.8 Å². The molecule has 0 aliphatic carbocycles. The molecule has 8 nitrogen and oxygen atoms in total. The number of urea groups is 1. The fourth-order valence-electron chi connectivity index (χ4n) is 2.24. The first-order chi connectivity index (χ1) is 12.1. The standard InChI is InChI=1S/C16H19N3O5S2/c1-9-4-5-12(24-3)11(8-9)15(20)18-10(2)13-6-7-14(25-13)26(22,23)19-16(17)21/h4-8,10H,1-3H3,(H,18,20)(H3,17,19,21). The van der Waals surface area contributed by atoms with Crippen LogP contribution in [0.5, 0.6) is 5.75 Å². The van der Waals surface area contributed by atoms with Gasteiger partial charge < -0.3 is 15.8 Å². The average Bonchev–Trinajstić information content (AvgIpc) is 3.04.